The Morgan fingerprint density at radius 1 is 1.30 bits per heavy atom. The summed E-state index contributed by atoms with van der Waals surface area (Å²) in [6, 6.07) is 7.00. The van der Waals surface area contributed by atoms with Crippen molar-refractivity contribution in [3.05, 3.63) is 39.8 Å². The number of hydrogen-bond donors (Lipinski definition) is 1. The molecule has 3 rings (SSSR count). The van der Waals surface area contributed by atoms with E-state index in [1.54, 1.807) is 18.2 Å². The van der Waals surface area contributed by atoms with Crippen molar-refractivity contribution in [2.45, 2.75) is 32.6 Å². The molecular formula is C20H20N2O4S. The standard InChI is InChI=1S/C20H20N2O4S/c1-2-25-17-9-13(11-23)7-8-16(17)26-12-19(24)22-20-15(10-21)14-5-3-4-6-18(14)27-20/h7-9,11H,2-6,12H2,1H3,(H,22,24). The van der Waals surface area contributed by atoms with Crippen molar-refractivity contribution < 1.29 is 19.1 Å². The summed E-state index contributed by atoms with van der Waals surface area (Å²) in [5.41, 5.74) is 2.12. The number of rotatable bonds is 7. The minimum atomic E-state index is -0.341. The number of benzene rings is 1. The molecule has 1 N–H and O–H groups in total. The van der Waals surface area contributed by atoms with E-state index in [2.05, 4.69) is 11.4 Å². The predicted molar refractivity (Wildman–Crippen MR) is 103 cm³/mol. The Morgan fingerprint density at radius 2 is 2.11 bits per heavy atom. The molecule has 0 atom stereocenters. The second-order valence-corrected chi connectivity index (χ2v) is 7.23. The highest BCUT2D eigenvalue weighted by molar-refractivity contribution is 7.16. The van der Waals surface area contributed by atoms with E-state index >= 15 is 0 Å². The highest BCUT2D eigenvalue weighted by Crippen LogP contribution is 2.37. The lowest BCUT2D eigenvalue weighted by atomic mass is 9.96. The third-order valence-electron chi connectivity index (χ3n) is 4.30. The number of fused-ring (bicyclic) bond motifs is 1. The minimum Gasteiger partial charge on any atom is -0.490 e. The molecule has 1 aliphatic carbocycles. The first-order valence-electron chi connectivity index (χ1n) is 8.85. The van der Waals surface area contributed by atoms with Gasteiger partial charge in [0.05, 0.1) is 12.2 Å². The van der Waals surface area contributed by atoms with E-state index in [0.717, 1.165) is 37.5 Å². The Bertz CT molecular complexity index is 898. The number of amides is 1. The number of nitriles is 1. The number of aryl methyl sites for hydroxylation is 1. The van der Waals surface area contributed by atoms with Crippen LogP contribution in [0.3, 0.4) is 0 Å². The average molecular weight is 384 g/mol. The Hall–Kier alpha value is -2.85. The first-order chi connectivity index (χ1) is 13.2. The van der Waals surface area contributed by atoms with E-state index in [1.807, 2.05) is 6.92 Å². The summed E-state index contributed by atoms with van der Waals surface area (Å²) in [5.74, 6) is 0.467. The molecule has 0 radical (unpaired) electrons. The molecule has 1 amide bonds. The molecule has 7 heteroatoms. The average Bonchev–Trinajstić information content (AvgIpc) is 3.04. The normalized spacial score (nSPS) is 12.6. The van der Waals surface area contributed by atoms with Gasteiger partial charge in [-0.2, -0.15) is 5.26 Å². The van der Waals surface area contributed by atoms with Gasteiger partial charge in [-0.05, 0) is 56.4 Å². The summed E-state index contributed by atoms with van der Waals surface area (Å²) in [4.78, 5) is 24.4. The second kappa shape index (κ2) is 8.69. The monoisotopic (exact) mass is 384 g/mol. The van der Waals surface area contributed by atoms with Gasteiger partial charge in [-0.15, -0.1) is 11.3 Å². The molecule has 0 aliphatic heterocycles. The van der Waals surface area contributed by atoms with Crippen LogP contribution in [0.2, 0.25) is 0 Å². The van der Waals surface area contributed by atoms with Gasteiger partial charge < -0.3 is 14.8 Å². The summed E-state index contributed by atoms with van der Waals surface area (Å²) in [6.07, 6.45) is 4.77. The SMILES string of the molecule is CCOc1cc(C=O)ccc1OCC(=O)Nc1sc2c(c1C#N)CCCC2. The number of carbonyl (C=O) groups excluding carboxylic acids is 2. The van der Waals surface area contributed by atoms with Crippen LogP contribution in [-0.4, -0.2) is 25.4 Å². The minimum absolute atomic E-state index is 0.214. The van der Waals surface area contributed by atoms with Crippen LogP contribution in [0.4, 0.5) is 5.00 Å². The lowest BCUT2D eigenvalue weighted by molar-refractivity contribution is -0.118. The fourth-order valence-electron chi connectivity index (χ4n) is 3.06. The molecule has 0 bridgehead atoms. The predicted octanol–water partition coefficient (Wildman–Crippen LogP) is 3.73. The van der Waals surface area contributed by atoms with E-state index in [9.17, 15) is 14.9 Å². The largest absolute Gasteiger partial charge is 0.490 e. The molecule has 0 saturated heterocycles. The number of ether oxygens (including phenoxy) is 2. The lowest BCUT2D eigenvalue weighted by Crippen LogP contribution is -2.20. The zero-order valence-corrected chi connectivity index (χ0v) is 15.9. The summed E-state index contributed by atoms with van der Waals surface area (Å²) in [5, 5.41) is 12.9. The lowest BCUT2D eigenvalue weighted by Gasteiger charge is -2.12. The van der Waals surface area contributed by atoms with Gasteiger partial charge >= 0.3 is 0 Å². The number of aldehydes is 1. The Balaban J connectivity index is 1.68. The Morgan fingerprint density at radius 3 is 2.85 bits per heavy atom. The zero-order valence-electron chi connectivity index (χ0n) is 15.0. The third-order valence-corrected chi connectivity index (χ3v) is 5.51. The molecule has 27 heavy (non-hydrogen) atoms. The molecule has 1 aliphatic rings. The van der Waals surface area contributed by atoms with Crippen LogP contribution < -0.4 is 14.8 Å². The Kier molecular flexibility index (Phi) is 6.09. The van der Waals surface area contributed by atoms with Gasteiger partial charge in [-0.3, -0.25) is 9.59 Å². The van der Waals surface area contributed by atoms with Crippen LogP contribution in [0, 0.1) is 11.3 Å². The fourth-order valence-corrected chi connectivity index (χ4v) is 4.32. The van der Waals surface area contributed by atoms with Gasteiger partial charge in [0.2, 0.25) is 0 Å². The molecule has 140 valence electrons. The van der Waals surface area contributed by atoms with Gasteiger partial charge in [0.15, 0.2) is 18.1 Å². The Labute approximate surface area is 161 Å². The summed E-state index contributed by atoms with van der Waals surface area (Å²) in [7, 11) is 0. The van der Waals surface area contributed by atoms with Crippen molar-refractivity contribution in [3.8, 4) is 17.6 Å². The smallest absolute Gasteiger partial charge is 0.262 e. The van der Waals surface area contributed by atoms with Crippen molar-refractivity contribution >= 4 is 28.5 Å². The van der Waals surface area contributed by atoms with E-state index in [0.29, 0.717) is 34.2 Å². The number of thiophene rings is 1. The molecule has 0 unspecified atom stereocenters. The van der Waals surface area contributed by atoms with Crippen molar-refractivity contribution in [1.82, 2.24) is 0 Å². The fraction of sp³-hybridized carbons (Fsp3) is 0.350. The van der Waals surface area contributed by atoms with E-state index in [1.165, 1.54) is 16.2 Å². The number of carbonyl (C=O) groups is 2. The second-order valence-electron chi connectivity index (χ2n) is 6.12. The molecule has 2 aromatic rings. The molecule has 6 nitrogen and oxygen atoms in total. The number of nitrogens with zero attached hydrogens (tertiary/aromatic N) is 1. The van der Waals surface area contributed by atoms with Crippen molar-refractivity contribution in [2.75, 3.05) is 18.5 Å². The summed E-state index contributed by atoms with van der Waals surface area (Å²) in [6.45, 7) is 2.02. The van der Waals surface area contributed by atoms with Crippen LogP contribution in [0.5, 0.6) is 11.5 Å². The number of nitrogens with one attached hydrogen (secondary N) is 1. The number of hydrogen-bond acceptors (Lipinski definition) is 6. The van der Waals surface area contributed by atoms with Crippen molar-refractivity contribution in [1.29, 1.82) is 5.26 Å². The quantitative estimate of drug-likeness (QED) is 0.735. The molecule has 1 heterocycles. The molecule has 0 fully saturated rings. The molecule has 1 aromatic heterocycles. The molecule has 0 spiro atoms. The van der Waals surface area contributed by atoms with Gasteiger partial charge in [0, 0.05) is 10.4 Å². The highest BCUT2D eigenvalue weighted by atomic mass is 32.1. The van der Waals surface area contributed by atoms with Gasteiger partial charge in [0.25, 0.3) is 5.91 Å². The maximum atomic E-state index is 12.3. The van der Waals surface area contributed by atoms with E-state index in [4.69, 9.17) is 9.47 Å². The molecule has 0 saturated carbocycles. The van der Waals surface area contributed by atoms with Crippen molar-refractivity contribution in [3.63, 3.8) is 0 Å². The van der Waals surface area contributed by atoms with Gasteiger partial charge in [-0.1, -0.05) is 0 Å². The first kappa shape index (κ1) is 18.9. The maximum absolute atomic E-state index is 12.3. The zero-order chi connectivity index (χ0) is 19.2. The van der Waals surface area contributed by atoms with E-state index in [-0.39, 0.29) is 12.5 Å². The summed E-state index contributed by atoms with van der Waals surface area (Å²) >= 11 is 1.48. The van der Waals surface area contributed by atoms with Crippen LogP contribution in [-0.2, 0) is 17.6 Å². The first-order valence-corrected chi connectivity index (χ1v) is 9.67. The molecular weight excluding hydrogens is 364 g/mol. The van der Waals surface area contributed by atoms with Crippen LogP contribution in [0.25, 0.3) is 0 Å². The van der Waals surface area contributed by atoms with Gasteiger partial charge in [-0.25, -0.2) is 0 Å². The molecule has 1 aromatic carbocycles. The number of anilines is 1. The van der Waals surface area contributed by atoms with Crippen LogP contribution in [0.15, 0.2) is 18.2 Å². The third kappa shape index (κ3) is 4.29. The van der Waals surface area contributed by atoms with Crippen LogP contribution >= 0.6 is 11.3 Å². The summed E-state index contributed by atoms with van der Waals surface area (Å²) < 4.78 is 11.0. The van der Waals surface area contributed by atoms with Gasteiger partial charge in [0.1, 0.15) is 17.4 Å². The highest BCUT2D eigenvalue weighted by Gasteiger charge is 2.22. The topological polar surface area (TPSA) is 88.4 Å². The maximum Gasteiger partial charge on any atom is 0.262 e. The van der Waals surface area contributed by atoms with Crippen LogP contribution in [0.1, 0.15) is 46.1 Å². The van der Waals surface area contributed by atoms with E-state index < -0.39 is 0 Å². The van der Waals surface area contributed by atoms with Crippen molar-refractivity contribution in [2.24, 2.45) is 0 Å².